The second kappa shape index (κ2) is 13.8. The molecule has 3 heteroatoms. The Balaban J connectivity index is 1.02. The lowest BCUT2D eigenvalue weighted by Gasteiger charge is -2.26. The van der Waals surface area contributed by atoms with Crippen LogP contribution < -0.4 is 4.90 Å². The van der Waals surface area contributed by atoms with Crippen LogP contribution in [0, 0.1) is 0 Å². The molecule has 0 atom stereocenters. The van der Waals surface area contributed by atoms with E-state index in [0.717, 1.165) is 39.0 Å². The standard InChI is InChI=1S/C54H35NOS/c1-3-11-36(12-4-1)38-21-26-43(27-22-38)55(44-28-23-39(24-29-44)41-16-9-15-40(33-41)37-13-5-2-6-14-37)45-30-32-52-50(35-45)49-34-42(25-31-51(49)56-52)46-18-10-19-48-47-17-7-8-20-53(47)57-54(46)48/h1-35H. The number of anilines is 3. The highest BCUT2D eigenvalue weighted by Gasteiger charge is 2.18. The predicted octanol–water partition coefficient (Wildman–Crippen LogP) is 16.1. The molecule has 0 bridgehead atoms. The summed E-state index contributed by atoms with van der Waals surface area (Å²) in [7, 11) is 0. The lowest BCUT2D eigenvalue weighted by molar-refractivity contribution is 0.669. The zero-order valence-electron chi connectivity index (χ0n) is 31.0. The largest absolute Gasteiger partial charge is 0.456 e. The predicted molar refractivity (Wildman–Crippen MR) is 243 cm³/mol. The summed E-state index contributed by atoms with van der Waals surface area (Å²) in [5, 5.41) is 4.81. The van der Waals surface area contributed by atoms with Gasteiger partial charge >= 0.3 is 0 Å². The van der Waals surface area contributed by atoms with Gasteiger partial charge in [-0.05, 0) is 111 Å². The molecule has 9 aromatic carbocycles. The fourth-order valence-corrected chi connectivity index (χ4v) is 9.48. The average molecular weight is 746 g/mol. The first-order valence-electron chi connectivity index (χ1n) is 19.3. The van der Waals surface area contributed by atoms with Gasteiger partial charge in [-0.2, -0.15) is 0 Å². The van der Waals surface area contributed by atoms with Crippen LogP contribution in [0.15, 0.2) is 217 Å². The molecule has 2 aromatic heterocycles. The summed E-state index contributed by atoms with van der Waals surface area (Å²) in [5.74, 6) is 0. The van der Waals surface area contributed by atoms with Gasteiger partial charge in [0.25, 0.3) is 0 Å². The number of rotatable bonds is 7. The van der Waals surface area contributed by atoms with Crippen molar-refractivity contribution in [1.82, 2.24) is 0 Å². The van der Waals surface area contributed by atoms with Crippen molar-refractivity contribution in [3.8, 4) is 44.5 Å². The number of benzene rings is 9. The average Bonchev–Trinajstić information content (AvgIpc) is 3.86. The van der Waals surface area contributed by atoms with Crippen molar-refractivity contribution in [2.24, 2.45) is 0 Å². The van der Waals surface area contributed by atoms with Crippen molar-refractivity contribution in [3.63, 3.8) is 0 Å². The third-order valence-electron chi connectivity index (χ3n) is 11.1. The molecule has 0 aliphatic heterocycles. The summed E-state index contributed by atoms with van der Waals surface area (Å²) in [6.45, 7) is 0. The fourth-order valence-electron chi connectivity index (χ4n) is 8.24. The van der Waals surface area contributed by atoms with Crippen molar-refractivity contribution >= 4 is 70.5 Å². The summed E-state index contributed by atoms with van der Waals surface area (Å²) in [5.41, 5.74) is 14.6. The Labute approximate surface area is 335 Å². The van der Waals surface area contributed by atoms with Crippen molar-refractivity contribution in [2.45, 2.75) is 0 Å². The molecular formula is C54H35NOS. The molecule has 0 aliphatic rings. The van der Waals surface area contributed by atoms with E-state index in [1.807, 2.05) is 11.3 Å². The van der Waals surface area contributed by atoms with Crippen LogP contribution in [0.4, 0.5) is 17.1 Å². The van der Waals surface area contributed by atoms with E-state index >= 15 is 0 Å². The maximum atomic E-state index is 6.48. The molecule has 57 heavy (non-hydrogen) atoms. The summed E-state index contributed by atoms with van der Waals surface area (Å²) in [6, 6.07) is 76.3. The highest BCUT2D eigenvalue weighted by Crippen LogP contribution is 2.43. The minimum absolute atomic E-state index is 0.874. The Kier molecular flexibility index (Phi) is 8.04. The van der Waals surface area contributed by atoms with Crippen molar-refractivity contribution in [3.05, 3.63) is 212 Å². The maximum absolute atomic E-state index is 6.48. The zero-order valence-corrected chi connectivity index (χ0v) is 31.8. The first-order chi connectivity index (χ1) is 28.2. The van der Waals surface area contributed by atoms with Crippen molar-refractivity contribution in [1.29, 1.82) is 0 Å². The van der Waals surface area contributed by atoms with Gasteiger partial charge in [-0.1, -0.05) is 146 Å². The Hall–Kier alpha value is -7.20. The van der Waals surface area contributed by atoms with Gasteiger partial charge in [-0.3, -0.25) is 0 Å². The molecule has 2 heterocycles. The minimum atomic E-state index is 0.874. The van der Waals surface area contributed by atoms with Crippen molar-refractivity contribution in [2.75, 3.05) is 4.90 Å². The molecule has 2 nitrogen and oxygen atoms in total. The van der Waals surface area contributed by atoms with Crippen LogP contribution in [-0.4, -0.2) is 0 Å². The van der Waals surface area contributed by atoms with E-state index in [1.165, 1.54) is 64.7 Å². The monoisotopic (exact) mass is 745 g/mol. The van der Waals surface area contributed by atoms with E-state index < -0.39 is 0 Å². The SMILES string of the molecule is c1ccc(-c2ccc(N(c3ccc(-c4cccc(-c5ccccc5)c4)cc3)c3ccc4oc5ccc(-c6cccc7c6sc6ccccc67)cc5c4c3)cc2)cc1. The lowest BCUT2D eigenvalue weighted by Crippen LogP contribution is -2.09. The Bertz CT molecular complexity index is 3210. The number of thiophene rings is 1. The van der Waals surface area contributed by atoms with E-state index in [1.54, 1.807) is 0 Å². The van der Waals surface area contributed by atoms with Crippen LogP contribution >= 0.6 is 11.3 Å². The van der Waals surface area contributed by atoms with Gasteiger partial charge in [0.05, 0.1) is 0 Å². The van der Waals surface area contributed by atoms with E-state index in [0.29, 0.717) is 0 Å². The van der Waals surface area contributed by atoms with Gasteiger partial charge in [0.1, 0.15) is 11.2 Å². The molecule has 11 rings (SSSR count). The van der Waals surface area contributed by atoms with Gasteiger partial charge in [-0.15, -0.1) is 11.3 Å². The maximum Gasteiger partial charge on any atom is 0.135 e. The van der Waals surface area contributed by atoms with Gasteiger partial charge in [-0.25, -0.2) is 0 Å². The van der Waals surface area contributed by atoms with Crippen LogP contribution in [0.3, 0.4) is 0 Å². The quantitative estimate of drug-likeness (QED) is 0.162. The molecular weight excluding hydrogens is 711 g/mol. The molecule has 0 saturated carbocycles. The van der Waals surface area contributed by atoms with Crippen molar-refractivity contribution < 1.29 is 4.42 Å². The fraction of sp³-hybridized carbons (Fsp3) is 0. The highest BCUT2D eigenvalue weighted by molar-refractivity contribution is 7.26. The third kappa shape index (κ3) is 5.97. The van der Waals surface area contributed by atoms with Crippen LogP contribution in [0.1, 0.15) is 0 Å². The van der Waals surface area contributed by atoms with Crippen LogP contribution in [0.2, 0.25) is 0 Å². The molecule has 11 aromatic rings. The van der Waals surface area contributed by atoms with E-state index in [9.17, 15) is 0 Å². The second-order valence-corrected chi connectivity index (χ2v) is 15.6. The molecule has 0 fully saturated rings. The number of furan rings is 1. The molecule has 0 saturated heterocycles. The summed E-state index contributed by atoms with van der Waals surface area (Å²) in [6.07, 6.45) is 0. The van der Waals surface area contributed by atoms with Crippen LogP contribution in [-0.2, 0) is 0 Å². The summed E-state index contributed by atoms with van der Waals surface area (Å²) < 4.78 is 9.10. The van der Waals surface area contributed by atoms with Crippen LogP contribution in [0.25, 0.3) is 86.6 Å². The summed E-state index contributed by atoms with van der Waals surface area (Å²) >= 11 is 1.86. The van der Waals surface area contributed by atoms with Gasteiger partial charge < -0.3 is 9.32 Å². The van der Waals surface area contributed by atoms with Gasteiger partial charge in [0.2, 0.25) is 0 Å². The van der Waals surface area contributed by atoms with Gasteiger partial charge in [0.15, 0.2) is 0 Å². The third-order valence-corrected chi connectivity index (χ3v) is 12.3. The molecule has 0 radical (unpaired) electrons. The minimum Gasteiger partial charge on any atom is -0.456 e. The van der Waals surface area contributed by atoms with E-state index in [4.69, 9.17) is 4.42 Å². The number of hydrogen-bond acceptors (Lipinski definition) is 3. The smallest absolute Gasteiger partial charge is 0.135 e. The zero-order chi connectivity index (χ0) is 37.7. The first kappa shape index (κ1) is 33.2. The number of fused-ring (bicyclic) bond motifs is 6. The Morgan fingerprint density at radius 1 is 0.316 bits per heavy atom. The highest BCUT2D eigenvalue weighted by atomic mass is 32.1. The normalized spacial score (nSPS) is 11.5. The molecule has 268 valence electrons. The number of nitrogens with zero attached hydrogens (tertiary/aromatic N) is 1. The van der Waals surface area contributed by atoms with Crippen LogP contribution in [0.5, 0.6) is 0 Å². The van der Waals surface area contributed by atoms with E-state index in [2.05, 4.69) is 217 Å². The Morgan fingerprint density at radius 2 is 0.807 bits per heavy atom. The molecule has 0 unspecified atom stereocenters. The molecule has 0 amide bonds. The van der Waals surface area contributed by atoms with E-state index in [-0.39, 0.29) is 0 Å². The molecule has 0 spiro atoms. The molecule has 0 aliphatic carbocycles. The Morgan fingerprint density at radius 3 is 1.51 bits per heavy atom. The van der Waals surface area contributed by atoms with Gasteiger partial charge in [0, 0.05) is 48.0 Å². The summed E-state index contributed by atoms with van der Waals surface area (Å²) in [4.78, 5) is 2.35. The second-order valence-electron chi connectivity index (χ2n) is 14.5. The lowest BCUT2D eigenvalue weighted by atomic mass is 9.98. The topological polar surface area (TPSA) is 16.4 Å². The first-order valence-corrected chi connectivity index (χ1v) is 20.1. The molecule has 0 N–H and O–H groups in total. The number of hydrogen-bond donors (Lipinski definition) is 0.